The van der Waals surface area contributed by atoms with Crippen LogP contribution in [0, 0.1) is 36.9 Å². The molecule has 13 aromatic heterocycles. The third-order valence-corrected chi connectivity index (χ3v) is 22.6. The molecule has 0 saturated heterocycles. The van der Waals surface area contributed by atoms with E-state index in [1.165, 1.54) is 69.0 Å². The summed E-state index contributed by atoms with van der Waals surface area (Å²) in [6, 6.07) is 31.4. The molecule has 0 bridgehead atoms. The summed E-state index contributed by atoms with van der Waals surface area (Å²) in [7, 11) is 3.80. The number of allylic oxidation sites excluding steroid dienone is 2. The highest BCUT2D eigenvalue weighted by Gasteiger charge is 2.38. The van der Waals surface area contributed by atoms with Gasteiger partial charge in [-0.1, -0.05) is 220 Å². The number of hydrogen-bond donors (Lipinski definition) is 1. The molecule has 16 rings (SSSR count). The predicted octanol–water partition coefficient (Wildman–Crippen LogP) is 24.3. The molecular weight excluding hydrogens is 1560 g/mol. The molecule has 1 aliphatic carbocycles. The molecule has 120 heavy (non-hydrogen) atoms. The van der Waals surface area contributed by atoms with E-state index in [2.05, 4.69) is 309 Å². The van der Waals surface area contributed by atoms with Crippen molar-refractivity contribution in [1.82, 2.24) is 82.4 Å². The lowest BCUT2D eigenvalue weighted by molar-refractivity contribution is 0.325. The van der Waals surface area contributed by atoms with E-state index >= 15 is 0 Å². The number of aromatic nitrogens is 17. The van der Waals surface area contributed by atoms with Crippen LogP contribution in [0.15, 0.2) is 150 Å². The summed E-state index contributed by atoms with van der Waals surface area (Å²) in [6.45, 7) is 64.0. The molecule has 21 nitrogen and oxygen atoms in total. The second-order valence-corrected chi connectivity index (χ2v) is 41.4. The highest BCUT2D eigenvalue weighted by molar-refractivity contribution is 7.18. The van der Waals surface area contributed by atoms with Crippen molar-refractivity contribution in [2.24, 2.45) is 13.0 Å². The first-order chi connectivity index (χ1) is 55.6. The fourth-order valence-electron chi connectivity index (χ4n) is 13.2. The van der Waals surface area contributed by atoms with E-state index in [9.17, 15) is 9.50 Å². The molecule has 2 aromatic carbocycles. The van der Waals surface area contributed by atoms with Gasteiger partial charge in [0.05, 0.1) is 67.7 Å². The van der Waals surface area contributed by atoms with Gasteiger partial charge in [0.15, 0.2) is 10.1 Å². The lowest BCUT2D eigenvalue weighted by Crippen LogP contribution is -2.20. The molecule has 0 aliphatic heterocycles. The number of aromatic hydroxyl groups is 1. The number of halogens is 2. The Kier molecular flexibility index (Phi) is 28.4. The molecule has 2 unspecified atom stereocenters. The number of thiazole rings is 2. The van der Waals surface area contributed by atoms with Crippen LogP contribution in [-0.2, 0) is 50.4 Å². The number of pyridine rings is 3. The molecule has 0 spiro atoms. The molecule has 2 atom stereocenters. The fraction of sp³-hybridized carbons (Fsp3) is 0.453. The Bertz CT molecular complexity index is 6110. The number of nitrogens with zero attached hydrogens (tertiary/aromatic N) is 18. The zero-order valence-electron chi connectivity index (χ0n) is 76.5. The van der Waals surface area contributed by atoms with Crippen molar-refractivity contribution in [3.63, 3.8) is 0 Å². The molecule has 25 heteroatoms. The Morgan fingerprint density at radius 1 is 0.658 bits per heavy atom. The van der Waals surface area contributed by atoms with Crippen LogP contribution in [0.1, 0.15) is 279 Å². The second kappa shape index (κ2) is 36.5. The Hall–Kier alpha value is -10.5. The van der Waals surface area contributed by atoms with Crippen molar-refractivity contribution < 1.29 is 18.8 Å². The number of rotatable bonds is 4. The largest absolute Gasteiger partial charge is 0.497 e. The zero-order chi connectivity index (χ0) is 89.1. The Morgan fingerprint density at radius 3 is 1.88 bits per heavy atom. The van der Waals surface area contributed by atoms with Crippen LogP contribution in [0.2, 0.25) is 5.15 Å². The number of nitriles is 1. The van der Waals surface area contributed by atoms with E-state index in [1.54, 1.807) is 56.7 Å². The lowest BCUT2D eigenvalue weighted by Gasteiger charge is -2.20. The average Bonchev–Trinajstić information content (AvgIpc) is 1.62. The van der Waals surface area contributed by atoms with Crippen LogP contribution in [0.3, 0.4) is 0 Å². The van der Waals surface area contributed by atoms with Gasteiger partial charge in [-0.2, -0.15) is 40.0 Å². The van der Waals surface area contributed by atoms with Crippen LogP contribution >= 0.6 is 34.3 Å². The van der Waals surface area contributed by atoms with Gasteiger partial charge in [-0.15, -0.1) is 22.7 Å². The van der Waals surface area contributed by atoms with Gasteiger partial charge in [0.2, 0.25) is 5.88 Å². The summed E-state index contributed by atoms with van der Waals surface area (Å²) in [4.78, 5) is 31.0. The monoisotopic (exact) mass is 1680 g/mol. The molecule has 1 saturated carbocycles. The van der Waals surface area contributed by atoms with Gasteiger partial charge in [0.25, 0.3) is 5.78 Å². The van der Waals surface area contributed by atoms with Gasteiger partial charge in [-0.05, 0) is 134 Å². The third-order valence-electron chi connectivity index (χ3n) is 20.2. The minimum absolute atomic E-state index is 0.0559. The number of aryl methyl sites for hydroxylation is 3. The lowest BCUT2D eigenvalue weighted by atomic mass is 9.86. The van der Waals surface area contributed by atoms with Crippen molar-refractivity contribution in [1.29, 1.82) is 5.26 Å². The number of benzene rings is 2. The number of hydrogen-bond acceptors (Lipinski definition) is 17. The molecule has 15 aromatic rings. The summed E-state index contributed by atoms with van der Waals surface area (Å²) in [5.74, 6) is 6.59. The van der Waals surface area contributed by atoms with E-state index in [4.69, 9.17) is 31.1 Å². The van der Waals surface area contributed by atoms with Crippen molar-refractivity contribution in [2.45, 2.75) is 263 Å². The smallest absolute Gasteiger partial charge is 0.255 e. The first-order valence-corrected chi connectivity index (χ1v) is 42.7. The van der Waals surface area contributed by atoms with Crippen LogP contribution in [-0.4, -0.2) is 94.6 Å². The van der Waals surface area contributed by atoms with Crippen molar-refractivity contribution in [3.8, 4) is 23.4 Å². The third kappa shape index (κ3) is 22.8. The minimum Gasteiger partial charge on any atom is -0.497 e. The molecule has 1 fully saturated rings. The number of para-hydroxylation sites is 2. The summed E-state index contributed by atoms with van der Waals surface area (Å²) < 4.78 is 36.9. The van der Waals surface area contributed by atoms with Crippen molar-refractivity contribution in [2.75, 3.05) is 7.11 Å². The summed E-state index contributed by atoms with van der Waals surface area (Å²) in [5, 5.41) is 38.8. The summed E-state index contributed by atoms with van der Waals surface area (Å²) in [6.07, 6.45) is 14.2. The fourth-order valence-corrected chi connectivity index (χ4v) is 15.2. The van der Waals surface area contributed by atoms with E-state index in [1.807, 2.05) is 78.6 Å². The van der Waals surface area contributed by atoms with Crippen LogP contribution in [0.25, 0.3) is 54.3 Å². The minimum atomic E-state index is -0.249. The maximum Gasteiger partial charge on any atom is 0.255 e. The molecule has 638 valence electrons. The molecule has 13 heterocycles. The summed E-state index contributed by atoms with van der Waals surface area (Å²) >= 11 is 9.17. The zero-order valence-corrected chi connectivity index (χ0v) is 78.9. The van der Waals surface area contributed by atoms with Crippen LogP contribution in [0.4, 0.5) is 4.39 Å². The quantitative estimate of drug-likeness (QED) is 0.161. The number of imidazole rings is 2. The maximum absolute atomic E-state index is 13.8. The van der Waals surface area contributed by atoms with E-state index in [0.717, 1.165) is 88.9 Å². The summed E-state index contributed by atoms with van der Waals surface area (Å²) in [5.41, 5.74) is 17.3. The van der Waals surface area contributed by atoms with Gasteiger partial charge in [0, 0.05) is 99.8 Å². The van der Waals surface area contributed by atoms with E-state index in [0.29, 0.717) is 28.1 Å². The highest BCUT2D eigenvalue weighted by atomic mass is 35.5. The SMILES string of the molecule is CC(C)(C)c1c(O)nc2sccn12.CC(C)(C)c1cnn2cc(C#N)ccc12.CC(C)(C)c1nc2c(Cl)nccc2s1.CC(C)=C(C)c1nc2c(C(C)(C)C)cccc2n1C.CC1CC1c1cc(C(C)(C)C)on1.COc1ccn2ccc(C(C)(C)C)c2c1.Cc1cc(C(C)(C)C)n(-c2ccccc2F)n1.Cc1nc(C(C)(C)C)n2ncnc2n1. The normalized spacial score (nSPS) is 13.7. The van der Waals surface area contributed by atoms with Gasteiger partial charge in [0.1, 0.15) is 58.4 Å². The van der Waals surface area contributed by atoms with Crippen molar-refractivity contribution >= 4 is 82.9 Å². The predicted molar refractivity (Wildman–Crippen MR) is 490 cm³/mol. The molecule has 1 N–H and O–H groups in total. The number of fused-ring (bicyclic) bond motifs is 6. The van der Waals surface area contributed by atoms with E-state index < -0.39 is 0 Å². The van der Waals surface area contributed by atoms with Gasteiger partial charge in [-0.25, -0.2) is 33.5 Å². The molecular formula is C95H124ClFN18O3S2. The number of ether oxygens (including phenoxy) is 1. The number of methoxy groups -OCH3 is 1. The van der Waals surface area contributed by atoms with Gasteiger partial charge < -0.3 is 23.3 Å². The molecule has 1 aliphatic rings. The van der Waals surface area contributed by atoms with Gasteiger partial charge >= 0.3 is 0 Å². The highest BCUT2D eigenvalue weighted by Crippen LogP contribution is 2.47. The van der Waals surface area contributed by atoms with Crippen molar-refractivity contribution in [3.05, 3.63) is 230 Å². The van der Waals surface area contributed by atoms with Gasteiger partial charge in [-0.3, -0.25) is 4.40 Å². The second-order valence-electron chi connectivity index (χ2n) is 39.1. The maximum atomic E-state index is 13.8. The molecule has 0 radical (unpaired) electrons. The first-order valence-electron chi connectivity index (χ1n) is 40.7. The topological polar surface area (TPSA) is 236 Å². The Labute approximate surface area is 721 Å². The average molecular weight is 1680 g/mol. The Balaban J connectivity index is 0.000000156. The Morgan fingerprint density at radius 2 is 1.32 bits per heavy atom. The van der Waals surface area contributed by atoms with Crippen LogP contribution in [0.5, 0.6) is 11.6 Å². The van der Waals surface area contributed by atoms with E-state index in [-0.39, 0.29) is 55.0 Å². The van der Waals surface area contributed by atoms with Crippen LogP contribution < -0.4 is 4.74 Å². The molecule has 0 amide bonds. The first kappa shape index (κ1) is 93.4. The standard InChI is InChI=1S/C17H24N2.C14H17FN2.C13H17NO.C12H13N3.C11H17NO.C10H11ClN2S.C9H13N5.C9H12N2OS/c1-11(2)12(3)16-18-15-13(17(4,5)6)9-8-10-14(15)19(16)7;1-10-9-13(14(2,3)4)17(16-10)12-8-6-5-7-11(12)15;1-13(2,3)11-6-8-14-7-5-10(15-4)9-12(11)14;1-12(2,3)10-7-14-15-8-9(6-13)4-5-11(10)15;1-7-5-8(7)9-6-10(13-12-9)11(2,3)4;1-10(2,3)9-13-7-6(14-9)4-5-12-8(7)11;1-6-12-7(9(2,3)4)14-8(13-6)10-5-11-14;1-9(2,3)6-7(12)10-8-11(6)4-5-13-8/h8-10H,1-7H3;5-9H,1-4H3;5-9H,1-4H3;4-5,7-8H,1-3H3;6-8H,5H2,1-4H3;4-5H,1-3H3;5H,1-4H3;4-5,12H,1-3H3.